The average molecular weight is 505 g/mol. The SMILES string of the molecule is CCOc1cc(/C=N/NC(=O)COc2cccc(N(C)C)c2)ccc1OCC(=O)Nc1ccc(C)cc1. The van der Waals surface area contributed by atoms with Gasteiger partial charge in [-0.25, -0.2) is 5.43 Å². The highest BCUT2D eigenvalue weighted by molar-refractivity contribution is 5.92. The van der Waals surface area contributed by atoms with E-state index in [1.807, 2.05) is 75.3 Å². The standard InChI is InChI=1S/C28H32N4O5/c1-5-35-26-15-21(11-14-25(26)37-18-27(33)30-22-12-9-20(2)10-13-22)17-29-31-28(34)19-36-24-8-6-7-23(16-24)32(3)4/h6-17H,5,18-19H2,1-4H3,(H,30,33)(H,31,34)/b29-17+. The molecule has 194 valence electrons. The molecule has 9 nitrogen and oxygen atoms in total. The van der Waals surface area contributed by atoms with Gasteiger partial charge in [-0.2, -0.15) is 5.10 Å². The molecule has 37 heavy (non-hydrogen) atoms. The third-order valence-electron chi connectivity index (χ3n) is 5.07. The van der Waals surface area contributed by atoms with Crippen LogP contribution in [0.2, 0.25) is 0 Å². The monoisotopic (exact) mass is 504 g/mol. The molecule has 3 aromatic carbocycles. The van der Waals surface area contributed by atoms with Crippen LogP contribution in [0.3, 0.4) is 0 Å². The van der Waals surface area contributed by atoms with E-state index in [2.05, 4.69) is 15.8 Å². The number of ether oxygens (including phenoxy) is 3. The lowest BCUT2D eigenvalue weighted by Crippen LogP contribution is -2.24. The van der Waals surface area contributed by atoms with Crippen LogP contribution in [0.25, 0.3) is 0 Å². The van der Waals surface area contributed by atoms with E-state index >= 15 is 0 Å². The van der Waals surface area contributed by atoms with Crippen molar-refractivity contribution < 1.29 is 23.8 Å². The van der Waals surface area contributed by atoms with Gasteiger partial charge in [-0.15, -0.1) is 0 Å². The Morgan fingerprint density at radius 3 is 2.38 bits per heavy atom. The number of nitrogens with one attached hydrogen (secondary N) is 2. The van der Waals surface area contributed by atoms with Crippen LogP contribution in [0.4, 0.5) is 11.4 Å². The van der Waals surface area contributed by atoms with Crippen molar-refractivity contribution in [3.63, 3.8) is 0 Å². The molecule has 2 amide bonds. The molecule has 0 bridgehead atoms. The highest BCUT2D eigenvalue weighted by atomic mass is 16.5. The smallest absolute Gasteiger partial charge is 0.277 e. The summed E-state index contributed by atoms with van der Waals surface area (Å²) in [4.78, 5) is 26.3. The number of rotatable bonds is 12. The Labute approximate surface area is 217 Å². The maximum Gasteiger partial charge on any atom is 0.277 e. The molecule has 0 unspecified atom stereocenters. The minimum atomic E-state index is -0.393. The van der Waals surface area contributed by atoms with Crippen LogP contribution in [-0.4, -0.2) is 51.9 Å². The van der Waals surface area contributed by atoms with Crippen LogP contribution in [0.1, 0.15) is 18.1 Å². The lowest BCUT2D eigenvalue weighted by Gasteiger charge is -2.13. The summed E-state index contributed by atoms with van der Waals surface area (Å²) in [6.45, 7) is 3.90. The Bertz CT molecular complexity index is 1230. The predicted octanol–water partition coefficient (Wildman–Crippen LogP) is 4.01. The molecule has 0 fully saturated rings. The summed E-state index contributed by atoms with van der Waals surface area (Å²) < 4.78 is 16.9. The summed E-state index contributed by atoms with van der Waals surface area (Å²) in [6, 6.07) is 20.1. The first kappa shape index (κ1) is 27.1. The Morgan fingerprint density at radius 1 is 0.892 bits per heavy atom. The minimum absolute atomic E-state index is 0.171. The number of carbonyl (C=O) groups excluding carboxylic acids is 2. The number of amides is 2. The molecule has 0 aliphatic heterocycles. The van der Waals surface area contributed by atoms with E-state index in [0.29, 0.717) is 35.1 Å². The molecule has 0 atom stereocenters. The number of hydrogen-bond donors (Lipinski definition) is 2. The third-order valence-corrected chi connectivity index (χ3v) is 5.07. The quantitative estimate of drug-likeness (QED) is 0.286. The first-order valence-corrected chi connectivity index (χ1v) is 11.8. The molecule has 0 spiro atoms. The molecular weight excluding hydrogens is 472 g/mol. The molecule has 0 heterocycles. The summed E-state index contributed by atoms with van der Waals surface area (Å²) in [5, 5.41) is 6.77. The van der Waals surface area contributed by atoms with Gasteiger partial charge in [0.1, 0.15) is 5.75 Å². The first-order chi connectivity index (χ1) is 17.8. The fourth-order valence-electron chi connectivity index (χ4n) is 3.18. The summed E-state index contributed by atoms with van der Waals surface area (Å²) in [5.41, 5.74) is 5.90. The van der Waals surface area contributed by atoms with Crippen molar-refractivity contribution in [2.75, 3.05) is 44.1 Å². The zero-order chi connectivity index (χ0) is 26.6. The summed E-state index contributed by atoms with van der Waals surface area (Å²) in [5.74, 6) is 0.807. The number of nitrogens with zero attached hydrogens (tertiary/aromatic N) is 2. The van der Waals surface area contributed by atoms with Crippen molar-refractivity contribution in [3.8, 4) is 17.2 Å². The average Bonchev–Trinajstić information content (AvgIpc) is 2.88. The van der Waals surface area contributed by atoms with Gasteiger partial charge in [-0.05, 0) is 61.9 Å². The van der Waals surface area contributed by atoms with Crippen LogP contribution in [0.5, 0.6) is 17.2 Å². The van der Waals surface area contributed by atoms with Crippen LogP contribution in [-0.2, 0) is 9.59 Å². The molecule has 9 heteroatoms. The number of hydrogen-bond acceptors (Lipinski definition) is 7. The normalized spacial score (nSPS) is 10.6. The molecule has 0 radical (unpaired) electrons. The molecule has 0 aliphatic carbocycles. The molecule has 0 saturated heterocycles. The van der Waals surface area contributed by atoms with E-state index in [4.69, 9.17) is 14.2 Å². The number of carbonyl (C=O) groups is 2. The molecule has 3 aromatic rings. The molecule has 0 saturated carbocycles. The Kier molecular flexibility index (Phi) is 9.90. The minimum Gasteiger partial charge on any atom is -0.490 e. The fraction of sp³-hybridized carbons (Fsp3) is 0.250. The molecule has 2 N–H and O–H groups in total. The van der Waals surface area contributed by atoms with E-state index in [1.54, 1.807) is 24.3 Å². The third kappa shape index (κ3) is 8.88. The summed E-state index contributed by atoms with van der Waals surface area (Å²) in [6.07, 6.45) is 1.49. The van der Waals surface area contributed by atoms with Gasteiger partial charge in [0.25, 0.3) is 11.8 Å². The lowest BCUT2D eigenvalue weighted by atomic mass is 10.2. The van der Waals surface area contributed by atoms with Crippen LogP contribution >= 0.6 is 0 Å². The van der Waals surface area contributed by atoms with Gasteiger partial charge in [-0.1, -0.05) is 23.8 Å². The number of anilines is 2. The Balaban J connectivity index is 1.51. The predicted molar refractivity (Wildman–Crippen MR) is 145 cm³/mol. The maximum absolute atomic E-state index is 12.3. The van der Waals surface area contributed by atoms with E-state index in [9.17, 15) is 9.59 Å². The number of benzene rings is 3. The van der Waals surface area contributed by atoms with E-state index in [0.717, 1.165) is 11.3 Å². The van der Waals surface area contributed by atoms with E-state index < -0.39 is 5.91 Å². The zero-order valence-electron chi connectivity index (χ0n) is 21.5. The summed E-state index contributed by atoms with van der Waals surface area (Å²) >= 11 is 0. The lowest BCUT2D eigenvalue weighted by molar-refractivity contribution is -0.123. The Morgan fingerprint density at radius 2 is 1.65 bits per heavy atom. The second kappa shape index (κ2) is 13.5. The Hall–Kier alpha value is -4.53. The zero-order valence-corrected chi connectivity index (χ0v) is 21.5. The maximum atomic E-state index is 12.3. The van der Waals surface area contributed by atoms with Gasteiger partial charge in [0.05, 0.1) is 12.8 Å². The van der Waals surface area contributed by atoms with Gasteiger partial charge >= 0.3 is 0 Å². The second-order valence-corrected chi connectivity index (χ2v) is 8.32. The van der Waals surface area contributed by atoms with Gasteiger partial charge in [-0.3, -0.25) is 9.59 Å². The topological polar surface area (TPSA) is 101 Å². The number of aryl methyl sites for hydroxylation is 1. The van der Waals surface area contributed by atoms with Crippen molar-refractivity contribution in [2.45, 2.75) is 13.8 Å². The van der Waals surface area contributed by atoms with Gasteiger partial charge < -0.3 is 24.4 Å². The van der Waals surface area contributed by atoms with Crippen molar-refractivity contribution in [2.24, 2.45) is 5.10 Å². The van der Waals surface area contributed by atoms with Crippen molar-refractivity contribution in [3.05, 3.63) is 77.9 Å². The first-order valence-electron chi connectivity index (χ1n) is 11.8. The van der Waals surface area contributed by atoms with Crippen molar-refractivity contribution >= 4 is 29.4 Å². The van der Waals surface area contributed by atoms with E-state index in [-0.39, 0.29) is 19.1 Å². The van der Waals surface area contributed by atoms with Crippen LogP contribution < -0.4 is 29.9 Å². The number of hydrazone groups is 1. The molecule has 0 aliphatic rings. The second-order valence-electron chi connectivity index (χ2n) is 8.32. The summed E-state index contributed by atoms with van der Waals surface area (Å²) in [7, 11) is 3.86. The van der Waals surface area contributed by atoms with Crippen molar-refractivity contribution in [1.82, 2.24) is 5.43 Å². The van der Waals surface area contributed by atoms with E-state index in [1.165, 1.54) is 6.21 Å². The largest absolute Gasteiger partial charge is 0.490 e. The fourth-order valence-corrected chi connectivity index (χ4v) is 3.18. The van der Waals surface area contributed by atoms with Crippen molar-refractivity contribution in [1.29, 1.82) is 0 Å². The van der Waals surface area contributed by atoms with Gasteiger partial charge in [0.15, 0.2) is 24.7 Å². The molecule has 0 aromatic heterocycles. The van der Waals surface area contributed by atoms with Gasteiger partial charge in [0, 0.05) is 31.5 Å². The highest BCUT2D eigenvalue weighted by Crippen LogP contribution is 2.28. The molecular formula is C28H32N4O5. The van der Waals surface area contributed by atoms with Crippen LogP contribution in [0.15, 0.2) is 71.8 Å². The molecule has 3 rings (SSSR count). The van der Waals surface area contributed by atoms with Gasteiger partial charge in [0.2, 0.25) is 0 Å². The highest BCUT2D eigenvalue weighted by Gasteiger charge is 2.10. The van der Waals surface area contributed by atoms with Crippen LogP contribution in [0, 0.1) is 6.92 Å².